The van der Waals surface area contributed by atoms with Crippen LogP contribution >= 0.6 is 0 Å². The van der Waals surface area contributed by atoms with Crippen molar-refractivity contribution in [1.82, 2.24) is 19.7 Å². The molecule has 160 valence electrons. The van der Waals surface area contributed by atoms with E-state index in [0.717, 1.165) is 60.6 Å². The number of benzene rings is 1. The predicted octanol–water partition coefficient (Wildman–Crippen LogP) is 3.13. The quantitative estimate of drug-likeness (QED) is 0.586. The van der Waals surface area contributed by atoms with E-state index in [0.29, 0.717) is 24.9 Å². The molecule has 0 spiro atoms. The normalized spacial score (nSPS) is 16.7. The lowest BCUT2D eigenvalue weighted by Gasteiger charge is -2.25. The third kappa shape index (κ3) is 4.36. The molecule has 5 rings (SSSR count). The summed E-state index contributed by atoms with van der Waals surface area (Å²) in [4.78, 5) is 11.0. The Morgan fingerprint density at radius 1 is 1.13 bits per heavy atom. The summed E-state index contributed by atoms with van der Waals surface area (Å²) >= 11 is 0. The van der Waals surface area contributed by atoms with E-state index in [2.05, 4.69) is 20.9 Å². The van der Waals surface area contributed by atoms with Crippen molar-refractivity contribution in [3.8, 4) is 11.6 Å². The molecule has 0 saturated carbocycles. The van der Waals surface area contributed by atoms with Crippen LogP contribution in [0.3, 0.4) is 0 Å². The Balaban J connectivity index is 1.37. The average Bonchev–Trinajstić information content (AvgIpc) is 3.45. The van der Waals surface area contributed by atoms with Crippen LogP contribution in [0, 0.1) is 0 Å². The second-order valence-corrected chi connectivity index (χ2v) is 7.60. The summed E-state index contributed by atoms with van der Waals surface area (Å²) in [5.74, 6) is 1.26. The minimum Gasteiger partial charge on any atom is -0.439 e. The number of morpholine rings is 1. The highest BCUT2D eigenvalue weighted by molar-refractivity contribution is 5.89. The first kappa shape index (κ1) is 19.9. The molecule has 0 N–H and O–H groups in total. The zero-order valence-electron chi connectivity index (χ0n) is 17.5. The molecule has 4 heterocycles. The number of allylic oxidation sites excluding steroid dienone is 1. The first-order valence-corrected chi connectivity index (χ1v) is 10.4. The first-order valence-electron chi connectivity index (χ1n) is 10.4. The van der Waals surface area contributed by atoms with Gasteiger partial charge in [0.15, 0.2) is 0 Å². The lowest BCUT2D eigenvalue weighted by Crippen LogP contribution is -2.35. The fourth-order valence-corrected chi connectivity index (χ4v) is 3.88. The fraction of sp³-hybridized carbons (Fsp3) is 0.348. The minimum atomic E-state index is 0.382. The SMILES string of the molecule is COCn1nc(CN2CCOCC2)c2ccc(Oc3ccc(C4=CC=NC4)cn3)cc21. The predicted molar refractivity (Wildman–Crippen MR) is 118 cm³/mol. The molecule has 0 amide bonds. The zero-order valence-corrected chi connectivity index (χ0v) is 17.5. The molecular weight excluding hydrogens is 394 g/mol. The standard InChI is InChI=1S/C23H25N5O3/c1-29-16-28-22-12-19(31-23-5-2-17(14-25-23)18-6-7-24-13-18)3-4-20(22)21(26-28)15-27-8-10-30-11-9-27/h2-7,12,14H,8-11,13,15-16H2,1H3. The van der Waals surface area contributed by atoms with Crippen molar-refractivity contribution in [2.45, 2.75) is 13.3 Å². The van der Waals surface area contributed by atoms with Gasteiger partial charge in [-0.05, 0) is 35.4 Å². The molecule has 1 fully saturated rings. The summed E-state index contributed by atoms with van der Waals surface area (Å²) in [5, 5.41) is 5.90. The van der Waals surface area contributed by atoms with Gasteiger partial charge in [0.1, 0.15) is 12.5 Å². The molecule has 1 aromatic carbocycles. The molecule has 31 heavy (non-hydrogen) atoms. The monoisotopic (exact) mass is 419 g/mol. The number of rotatable bonds is 7. The van der Waals surface area contributed by atoms with Crippen LogP contribution in [0.5, 0.6) is 11.6 Å². The van der Waals surface area contributed by atoms with Crippen LogP contribution in [0.15, 0.2) is 47.6 Å². The summed E-state index contributed by atoms with van der Waals surface area (Å²) in [6.45, 7) is 5.26. The number of aromatic nitrogens is 3. The summed E-state index contributed by atoms with van der Waals surface area (Å²) in [6.07, 6.45) is 5.66. The van der Waals surface area contributed by atoms with Crippen molar-refractivity contribution in [2.75, 3.05) is 40.0 Å². The first-order chi connectivity index (χ1) is 15.3. The van der Waals surface area contributed by atoms with Crippen LogP contribution in [0.1, 0.15) is 11.3 Å². The van der Waals surface area contributed by atoms with E-state index >= 15 is 0 Å². The van der Waals surface area contributed by atoms with E-state index in [9.17, 15) is 0 Å². The van der Waals surface area contributed by atoms with Gasteiger partial charge in [0.2, 0.25) is 5.88 Å². The van der Waals surface area contributed by atoms with Gasteiger partial charge in [0, 0.05) is 56.7 Å². The highest BCUT2D eigenvalue weighted by atomic mass is 16.5. The van der Waals surface area contributed by atoms with Gasteiger partial charge in [-0.15, -0.1) is 0 Å². The Kier molecular flexibility index (Phi) is 5.75. The highest BCUT2D eigenvalue weighted by Gasteiger charge is 2.17. The molecule has 3 aromatic rings. The molecule has 2 aliphatic rings. The number of hydrogen-bond donors (Lipinski definition) is 0. The van der Waals surface area contributed by atoms with Crippen LogP contribution in [0.25, 0.3) is 16.5 Å². The molecule has 1 saturated heterocycles. The third-order valence-corrected chi connectivity index (χ3v) is 5.50. The molecule has 0 aliphatic carbocycles. The third-order valence-electron chi connectivity index (χ3n) is 5.50. The van der Waals surface area contributed by atoms with Crippen molar-refractivity contribution in [1.29, 1.82) is 0 Å². The van der Waals surface area contributed by atoms with Crippen molar-refractivity contribution < 1.29 is 14.2 Å². The smallest absolute Gasteiger partial charge is 0.219 e. The van der Waals surface area contributed by atoms with E-state index < -0.39 is 0 Å². The summed E-state index contributed by atoms with van der Waals surface area (Å²) in [7, 11) is 1.67. The Morgan fingerprint density at radius 3 is 2.77 bits per heavy atom. The lowest BCUT2D eigenvalue weighted by atomic mass is 10.1. The van der Waals surface area contributed by atoms with Crippen LogP contribution < -0.4 is 4.74 Å². The van der Waals surface area contributed by atoms with Crippen LogP contribution in [0.4, 0.5) is 0 Å². The number of ether oxygens (including phenoxy) is 3. The number of fused-ring (bicyclic) bond motifs is 1. The number of hydrogen-bond acceptors (Lipinski definition) is 7. The minimum absolute atomic E-state index is 0.382. The molecule has 8 nitrogen and oxygen atoms in total. The van der Waals surface area contributed by atoms with Crippen LogP contribution in [0.2, 0.25) is 0 Å². The van der Waals surface area contributed by atoms with Gasteiger partial charge in [-0.3, -0.25) is 9.89 Å². The Bertz CT molecular complexity index is 1110. The number of pyridine rings is 1. The van der Waals surface area contributed by atoms with E-state index in [1.165, 1.54) is 0 Å². The fourth-order valence-electron chi connectivity index (χ4n) is 3.88. The molecule has 0 unspecified atom stereocenters. The lowest BCUT2D eigenvalue weighted by molar-refractivity contribution is 0.0335. The molecule has 0 radical (unpaired) electrons. The van der Waals surface area contributed by atoms with Gasteiger partial charge in [-0.1, -0.05) is 0 Å². The molecule has 0 bridgehead atoms. The molecule has 8 heteroatoms. The van der Waals surface area contributed by atoms with Crippen LogP contribution in [-0.2, 0) is 22.7 Å². The van der Waals surface area contributed by atoms with Gasteiger partial charge in [-0.2, -0.15) is 5.10 Å². The molecule has 0 atom stereocenters. The van der Waals surface area contributed by atoms with E-state index in [-0.39, 0.29) is 0 Å². The van der Waals surface area contributed by atoms with Gasteiger partial charge >= 0.3 is 0 Å². The Labute approximate surface area is 180 Å². The van der Waals surface area contributed by atoms with Crippen molar-refractivity contribution >= 4 is 22.7 Å². The maximum absolute atomic E-state index is 6.03. The maximum Gasteiger partial charge on any atom is 0.219 e. The molecule has 2 aromatic heterocycles. The summed E-state index contributed by atoms with van der Waals surface area (Å²) in [5.41, 5.74) is 4.24. The largest absolute Gasteiger partial charge is 0.439 e. The van der Waals surface area contributed by atoms with Crippen molar-refractivity contribution in [2.24, 2.45) is 4.99 Å². The Morgan fingerprint density at radius 2 is 2.03 bits per heavy atom. The highest BCUT2D eigenvalue weighted by Crippen LogP contribution is 2.28. The second kappa shape index (κ2) is 8.97. The zero-order chi connectivity index (χ0) is 21.0. The average molecular weight is 419 g/mol. The van der Waals surface area contributed by atoms with E-state index in [4.69, 9.17) is 19.3 Å². The number of nitrogens with zero attached hydrogens (tertiary/aromatic N) is 5. The van der Waals surface area contributed by atoms with Crippen molar-refractivity contribution in [3.05, 3.63) is 53.9 Å². The van der Waals surface area contributed by atoms with Crippen LogP contribution in [-0.4, -0.2) is 65.8 Å². The molecule has 2 aliphatic heterocycles. The second-order valence-electron chi connectivity index (χ2n) is 7.60. The number of methoxy groups -OCH3 is 1. The van der Waals surface area contributed by atoms with E-state index in [1.807, 2.05) is 47.4 Å². The summed E-state index contributed by atoms with van der Waals surface area (Å²) in [6, 6.07) is 9.92. The topological polar surface area (TPSA) is 74.0 Å². The van der Waals surface area contributed by atoms with Crippen molar-refractivity contribution in [3.63, 3.8) is 0 Å². The van der Waals surface area contributed by atoms with Gasteiger partial charge in [-0.25, -0.2) is 9.67 Å². The van der Waals surface area contributed by atoms with Gasteiger partial charge < -0.3 is 14.2 Å². The van der Waals surface area contributed by atoms with Gasteiger partial charge in [0.25, 0.3) is 0 Å². The number of aliphatic imine (C=N–C) groups is 1. The Hall–Kier alpha value is -3.07. The summed E-state index contributed by atoms with van der Waals surface area (Å²) < 4.78 is 18.7. The maximum atomic E-state index is 6.03. The van der Waals surface area contributed by atoms with Gasteiger partial charge in [0.05, 0.1) is 31.0 Å². The van der Waals surface area contributed by atoms with E-state index in [1.54, 1.807) is 7.11 Å². The molecular formula is C23H25N5O3.